The van der Waals surface area contributed by atoms with Crippen LogP contribution in [0.3, 0.4) is 0 Å². The van der Waals surface area contributed by atoms with E-state index in [4.69, 9.17) is 4.74 Å². The zero-order chi connectivity index (χ0) is 15.9. The van der Waals surface area contributed by atoms with Crippen molar-refractivity contribution < 1.29 is 9.13 Å². The van der Waals surface area contributed by atoms with Crippen LogP contribution in [0, 0.1) is 12.2 Å². The zero-order valence-electron chi connectivity index (χ0n) is 12.8. The lowest BCUT2D eigenvalue weighted by Gasteiger charge is -2.08. The molecule has 0 atom stereocenters. The number of halogens is 1. The van der Waals surface area contributed by atoms with Gasteiger partial charge in [0.2, 0.25) is 0 Å². The second-order valence-corrected chi connectivity index (χ2v) is 5.38. The van der Waals surface area contributed by atoms with Crippen LogP contribution in [-0.2, 0) is 13.0 Å². The van der Waals surface area contributed by atoms with Gasteiger partial charge in [-0.1, -0.05) is 54.6 Å². The topological polar surface area (TPSA) is 9.23 Å². The van der Waals surface area contributed by atoms with E-state index in [1.807, 2.05) is 48.5 Å². The largest absolute Gasteiger partial charge is 0.489 e. The first kappa shape index (κ1) is 15.3. The maximum atomic E-state index is 12.9. The van der Waals surface area contributed by atoms with Gasteiger partial charge in [-0.15, -0.1) is 0 Å². The Morgan fingerprint density at radius 1 is 0.783 bits per heavy atom. The number of hydrogen-bond acceptors (Lipinski definition) is 1. The molecule has 23 heavy (non-hydrogen) atoms. The first-order valence-electron chi connectivity index (χ1n) is 7.64. The minimum absolute atomic E-state index is 0.210. The van der Waals surface area contributed by atoms with E-state index in [1.165, 1.54) is 17.7 Å². The van der Waals surface area contributed by atoms with Crippen molar-refractivity contribution in [2.45, 2.75) is 13.0 Å². The smallest absolute Gasteiger partial charge is 0.123 e. The fourth-order valence-corrected chi connectivity index (χ4v) is 2.34. The van der Waals surface area contributed by atoms with Gasteiger partial charge in [0, 0.05) is 0 Å². The summed E-state index contributed by atoms with van der Waals surface area (Å²) in [6, 6.07) is 24.7. The summed E-state index contributed by atoms with van der Waals surface area (Å²) < 4.78 is 18.7. The second-order valence-electron chi connectivity index (χ2n) is 5.38. The van der Waals surface area contributed by atoms with Crippen LogP contribution in [0.1, 0.15) is 16.7 Å². The maximum absolute atomic E-state index is 12.9. The van der Waals surface area contributed by atoms with Crippen LogP contribution in [0.25, 0.3) is 0 Å². The van der Waals surface area contributed by atoms with E-state index in [2.05, 4.69) is 12.5 Å². The molecule has 0 N–H and O–H groups in total. The second kappa shape index (κ2) is 7.59. The highest BCUT2D eigenvalue weighted by atomic mass is 19.1. The van der Waals surface area contributed by atoms with Crippen molar-refractivity contribution in [2.24, 2.45) is 0 Å². The van der Waals surface area contributed by atoms with Crippen LogP contribution < -0.4 is 4.74 Å². The van der Waals surface area contributed by atoms with Crippen molar-refractivity contribution in [3.8, 4) is 5.75 Å². The Labute approximate surface area is 136 Å². The van der Waals surface area contributed by atoms with Crippen molar-refractivity contribution in [1.82, 2.24) is 0 Å². The Hall–Kier alpha value is -2.61. The van der Waals surface area contributed by atoms with Crippen molar-refractivity contribution in [3.63, 3.8) is 0 Å². The highest BCUT2D eigenvalue weighted by molar-refractivity contribution is 5.32. The van der Waals surface area contributed by atoms with E-state index in [9.17, 15) is 4.39 Å². The van der Waals surface area contributed by atoms with Crippen molar-refractivity contribution in [3.05, 3.63) is 108 Å². The van der Waals surface area contributed by atoms with Gasteiger partial charge >= 0.3 is 0 Å². The molecule has 0 aromatic heterocycles. The number of hydrogen-bond donors (Lipinski definition) is 0. The van der Waals surface area contributed by atoms with Crippen LogP contribution in [0.5, 0.6) is 5.75 Å². The summed E-state index contributed by atoms with van der Waals surface area (Å²) in [5.74, 6) is 0.650. The fraction of sp³-hybridized carbons (Fsp3) is 0.0952. The van der Waals surface area contributed by atoms with E-state index < -0.39 is 0 Å². The molecule has 0 spiro atoms. The van der Waals surface area contributed by atoms with Crippen LogP contribution in [0.4, 0.5) is 4.39 Å². The minimum Gasteiger partial charge on any atom is -0.489 e. The molecule has 0 aliphatic rings. The molecular weight excluding hydrogens is 287 g/mol. The lowest BCUT2D eigenvalue weighted by molar-refractivity contribution is 0.306. The summed E-state index contributed by atoms with van der Waals surface area (Å²) in [5, 5.41) is 0. The van der Waals surface area contributed by atoms with Crippen molar-refractivity contribution >= 4 is 0 Å². The molecule has 3 rings (SSSR count). The van der Waals surface area contributed by atoms with E-state index in [1.54, 1.807) is 12.1 Å². The van der Waals surface area contributed by atoms with Gasteiger partial charge in [-0.2, -0.15) is 0 Å². The molecule has 0 unspecified atom stereocenters. The summed E-state index contributed by atoms with van der Waals surface area (Å²) in [4.78, 5) is 0. The van der Waals surface area contributed by atoms with Gasteiger partial charge in [0.15, 0.2) is 0 Å². The Morgan fingerprint density at radius 2 is 1.52 bits per heavy atom. The third-order valence-electron chi connectivity index (χ3n) is 3.59. The maximum Gasteiger partial charge on any atom is 0.123 e. The van der Waals surface area contributed by atoms with Gasteiger partial charge in [-0.3, -0.25) is 0 Å². The van der Waals surface area contributed by atoms with Crippen molar-refractivity contribution in [2.75, 3.05) is 0 Å². The van der Waals surface area contributed by atoms with E-state index >= 15 is 0 Å². The molecule has 0 aliphatic carbocycles. The van der Waals surface area contributed by atoms with Gasteiger partial charge in [0.1, 0.15) is 18.2 Å². The highest BCUT2D eigenvalue weighted by Gasteiger charge is 2.00. The molecule has 0 saturated heterocycles. The van der Waals surface area contributed by atoms with Gasteiger partial charge in [-0.25, -0.2) is 4.39 Å². The average molecular weight is 305 g/mol. The van der Waals surface area contributed by atoms with Crippen LogP contribution >= 0.6 is 0 Å². The highest BCUT2D eigenvalue weighted by Crippen LogP contribution is 2.17. The summed E-state index contributed by atoms with van der Waals surface area (Å²) in [7, 11) is 0. The Morgan fingerprint density at radius 3 is 2.30 bits per heavy atom. The van der Waals surface area contributed by atoms with Crippen LogP contribution in [-0.4, -0.2) is 0 Å². The first-order chi connectivity index (χ1) is 11.3. The summed E-state index contributed by atoms with van der Waals surface area (Å²) in [6.45, 7) is 0.561. The molecule has 3 aromatic rings. The number of ether oxygens (including phenoxy) is 1. The Balaban J connectivity index is 1.57. The summed E-state index contributed by atoms with van der Waals surface area (Å²) in [6.07, 6.45) is 2.86. The van der Waals surface area contributed by atoms with E-state index in [0.29, 0.717) is 6.61 Å². The average Bonchev–Trinajstić information content (AvgIpc) is 2.61. The van der Waals surface area contributed by atoms with Crippen LogP contribution in [0.2, 0.25) is 0 Å². The molecule has 1 radical (unpaired) electrons. The zero-order valence-corrected chi connectivity index (χ0v) is 12.8. The van der Waals surface area contributed by atoms with Gasteiger partial charge in [0.05, 0.1) is 0 Å². The number of benzene rings is 3. The monoisotopic (exact) mass is 305 g/mol. The molecule has 2 heteroatoms. The Kier molecular flexibility index (Phi) is 5.05. The molecule has 0 aliphatic heterocycles. The standard InChI is InChI=1S/C21H18FO/c22-20-13-11-17(12-14-20)9-10-18-7-4-8-21(15-18)23-16-19-5-2-1-3-6-19/h1-9,11-15H,10,16H2. The summed E-state index contributed by atoms with van der Waals surface area (Å²) >= 11 is 0. The predicted molar refractivity (Wildman–Crippen MR) is 90.7 cm³/mol. The third-order valence-corrected chi connectivity index (χ3v) is 3.59. The van der Waals surface area contributed by atoms with Crippen molar-refractivity contribution in [1.29, 1.82) is 0 Å². The van der Waals surface area contributed by atoms with Crippen LogP contribution in [0.15, 0.2) is 78.9 Å². The number of rotatable bonds is 6. The molecule has 0 fully saturated rings. The molecule has 3 aromatic carbocycles. The predicted octanol–water partition coefficient (Wildman–Crippen LogP) is 5.20. The minimum atomic E-state index is -0.210. The van der Waals surface area contributed by atoms with E-state index in [0.717, 1.165) is 23.3 Å². The molecular formula is C21H18FO. The Bertz CT molecular complexity index is 735. The lowest BCUT2D eigenvalue weighted by atomic mass is 10.0. The molecule has 115 valence electrons. The molecule has 0 amide bonds. The van der Waals surface area contributed by atoms with Gasteiger partial charge in [0.25, 0.3) is 0 Å². The summed E-state index contributed by atoms with van der Waals surface area (Å²) in [5.41, 5.74) is 3.33. The molecule has 0 saturated carbocycles. The first-order valence-corrected chi connectivity index (χ1v) is 7.64. The SMILES string of the molecule is Fc1ccc([CH]Cc2cccc(OCc3ccccc3)c2)cc1. The molecule has 0 heterocycles. The van der Waals surface area contributed by atoms with E-state index in [-0.39, 0.29) is 5.82 Å². The lowest BCUT2D eigenvalue weighted by Crippen LogP contribution is -1.96. The quantitative estimate of drug-likeness (QED) is 0.608. The molecule has 1 nitrogen and oxygen atoms in total. The van der Waals surface area contributed by atoms with Gasteiger partial charge < -0.3 is 4.74 Å². The van der Waals surface area contributed by atoms with Gasteiger partial charge in [-0.05, 0) is 53.8 Å². The fourth-order valence-electron chi connectivity index (χ4n) is 2.34. The molecule has 0 bridgehead atoms. The normalized spacial score (nSPS) is 10.5. The third kappa shape index (κ3) is 4.68.